The highest BCUT2D eigenvalue weighted by Gasteiger charge is 2.36. The first kappa shape index (κ1) is 26.8. The molecule has 5 aliphatic rings. The van der Waals surface area contributed by atoms with E-state index in [1.165, 1.54) is 25.7 Å². The molecule has 4 saturated heterocycles. The lowest BCUT2D eigenvalue weighted by molar-refractivity contribution is 0.292. The number of piperazine rings is 1. The van der Waals surface area contributed by atoms with Gasteiger partial charge in [0.25, 0.3) is 0 Å². The molecule has 10 heteroatoms. The molecule has 3 aromatic rings. The number of hydrogen-bond donors (Lipinski definition) is 2. The van der Waals surface area contributed by atoms with E-state index in [0.29, 0.717) is 30.7 Å². The van der Waals surface area contributed by atoms with Crippen LogP contribution in [0.5, 0.6) is 11.8 Å². The van der Waals surface area contributed by atoms with Crippen molar-refractivity contribution in [3.05, 3.63) is 47.7 Å². The lowest BCUT2D eigenvalue weighted by atomic mass is 10.0. The molecular formula is C31H37FN6O2S. The molecule has 2 bridgehead atoms. The molecule has 8 rings (SSSR count). The Morgan fingerprint density at radius 2 is 1.88 bits per heavy atom. The summed E-state index contributed by atoms with van der Waals surface area (Å²) in [4.78, 5) is 15.2. The minimum Gasteiger partial charge on any atom is -0.508 e. The van der Waals surface area contributed by atoms with E-state index in [0.717, 1.165) is 64.5 Å². The van der Waals surface area contributed by atoms with Crippen LogP contribution in [-0.2, 0) is 0 Å². The summed E-state index contributed by atoms with van der Waals surface area (Å²) in [6, 6.07) is 13.8. The number of phenols is 1. The zero-order valence-electron chi connectivity index (χ0n) is 23.6. The van der Waals surface area contributed by atoms with Gasteiger partial charge < -0.3 is 24.4 Å². The number of phenolic OH excluding ortho intramolecular Hbond substituents is 1. The van der Waals surface area contributed by atoms with Gasteiger partial charge >= 0.3 is 6.01 Å². The van der Waals surface area contributed by atoms with E-state index in [9.17, 15) is 9.50 Å². The maximum atomic E-state index is 12.6. The topological polar surface area (TPSA) is 77.0 Å². The molecule has 0 spiro atoms. The van der Waals surface area contributed by atoms with Gasteiger partial charge in [-0.1, -0.05) is 24.3 Å². The third kappa shape index (κ3) is 5.21. The van der Waals surface area contributed by atoms with Crippen LogP contribution in [-0.4, -0.2) is 88.9 Å². The minimum absolute atomic E-state index is 0.251. The third-order valence-electron chi connectivity index (χ3n) is 8.97. The number of nitrogens with zero attached hydrogens (tertiary/aromatic N) is 5. The number of aromatic hydroxyl groups is 1. The number of hydrogen-bond acceptors (Lipinski definition) is 9. The van der Waals surface area contributed by atoms with E-state index >= 15 is 0 Å². The van der Waals surface area contributed by atoms with E-state index in [1.807, 2.05) is 31.3 Å². The zero-order chi connectivity index (χ0) is 28.1. The number of alkyl halides is 1. The highest BCUT2D eigenvalue weighted by Crippen LogP contribution is 2.45. The number of fused-ring (bicyclic) bond motifs is 5. The maximum absolute atomic E-state index is 12.6. The molecule has 1 aromatic heterocycles. The normalized spacial score (nSPS) is 26.9. The number of benzene rings is 2. The first-order valence-corrected chi connectivity index (χ1v) is 15.4. The summed E-state index contributed by atoms with van der Waals surface area (Å²) in [6.07, 6.45) is 7.32. The first-order chi connectivity index (χ1) is 19.9. The Bertz CT molecular complexity index is 1460. The maximum Gasteiger partial charge on any atom is 0.318 e. The van der Waals surface area contributed by atoms with Crippen LogP contribution in [0.2, 0.25) is 0 Å². The van der Waals surface area contributed by atoms with Crippen molar-refractivity contribution in [2.75, 3.05) is 45.2 Å². The Hall–Kier alpha value is -3.08. The number of rotatable bonds is 3. The van der Waals surface area contributed by atoms with Gasteiger partial charge in [-0.3, -0.25) is 4.90 Å². The molecule has 0 saturated carbocycles. The van der Waals surface area contributed by atoms with Crippen LogP contribution in [0, 0.1) is 0 Å². The monoisotopic (exact) mass is 576 g/mol. The molecule has 4 fully saturated rings. The van der Waals surface area contributed by atoms with E-state index in [-0.39, 0.29) is 5.75 Å². The van der Waals surface area contributed by atoms with Gasteiger partial charge in [-0.15, -0.1) is 0 Å². The number of nitrogens with one attached hydrogen (secondary N) is 1. The average molecular weight is 577 g/mol. The second-order valence-electron chi connectivity index (χ2n) is 11.7. The highest BCUT2D eigenvalue weighted by molar-refractivity contribution is 7.97. The Morgan fingerprint density at radius 1 is 1.07 bits per heavy atom. The third-order valence-corrected chi connectivity index (χ3v) is 10.0. The fourth-order valence-corrected chi connectivity index (χ4v) is 8.06. The van der Waals surface area contributed by atoms with E-state index < -0.39 is 6.17 Å². The zero-order valence-corrected chi connectivity index (χ0v) is 24.4. The standard InChI is InChI=1S/C24H25N5O2S.C7H12FN/c1-28-21(19-10-17(30)9-14-5-3-4-6-18(14)19)11-20-22(32-28)23(27-24(26-20)31-2)29-12-15-7-8-16(13-29)25-15;8-6-4-7-2-1-3-9(7)5-6/h3-6,9-11,15-16,25,30H,7-8,12-13H2,1-2H3;6-7H,1-5H2. The van der Waals surface area contributed by atoms with Crippen molar-refractivity contribution in [1.82, 2.24) is 24.5 Å². The van der Waals surface area contributed by atoms with Crippen molar-refractivity contribution in [3.8, 4) is 11.8 Å². The van der Waals surface area contributed by atoms with Crippen LogP contribution in [0.15, 0.2) is 41.3 Å². The predicted molar refractivity (Wildman–Crippen MR) is 162 cm³/mol. The summed E-state index contributed by atoms with van der Waals surface area (Å²) in [6.45, 7) is 3.75. The quantitative estimate of drug-likeness (QED) is 0.422. The smallest absolute Gasteiger partial charge is 0.318 e. The fraction of sp³-hybridized carbons (Fsp3) is 0.484. The lowest BCUT2D eigenvalue weighted by Crippen LogP contribution is -2.51. The summed E-state index contributed by atoms with van der Waals surface area (Å²) in [5, 5.41) is 16.1. The average Bonchev–Trinajstić information content (AvgIpc) is 3.66. The number of methoxy groups -OCH3 is 1. The molecule has 6 heterocycles. The molecule has 5 aliphatic heterocycles. The van der Waals surface area contributed by atoms with Crippen LogP contribution in [0.3, 0.4) is 0 Å². The Balaban J connectivity index is 0.000000260. The van der Waals surface area contributed by atoms with Crippen LogP contribution in [0.4, 0.5) is 10.2 Å². The van der Waals surface area contributed by atoms with Gasteiger partial charge in [-0.25, -0.2) is 4.39 Å². The second kappa shape index (κ2) is 11.0. The van der Waals surface area contributed by atoms with Gasteiger partial charge in [-0.05, 0) is 79.6 Å². The molecular weight excluding hydrogens is 539 g/mol. The van der Waals surface area contributed by atoms with Gasteiger partial charge in [0.15, 0.2) is 5.82 Å². The van der Waals surface area contributed by atoms with Crippen molar-refractivity contribution >= 4 is 40.3 Å². The van der Waals surface area contributed by atoms with Crippen LogP contribution in [0.1, 0.15) is 43.4 Å². The number of ether oxygens (including phenoxy) is 1. The number of halogens is 1. The predicted octanol–water partition coefficient (Wildman–Crippen LogP) is 4.93. The van der Waals surface area contributed by atoms with Crippen LogP contribution in [0.25, 0.3) is 22.5 Å². The molecule has 0 aliphatic carbocycles. The molecule has 2 aromatic carbocycles. The SMILES string of the molecule is COc1nc2c(c(N3CC4CCC(C3)N4)n1)SN(C)C(c1cc(O)cc3ccccc13)=C2.FC1CC2CCCN2C1. The van der Waals surface area contributed by atoms with Gasteiger partial charge in [0, 0.05) is 50.4 Å². The molecule has 41 heavy (non-hydrogen) atoms. The number of aromatic nitrogens is 2. The van der Waals surface area contributed by atoms with Gasteiger partial charge in [-0.2, -0.15) is 9.97 Å². The van der Waals surface area contributed by atoms with Crippen molar-refractivity contribution < 1.29 is 14.2 Å². The van der Waals surface area contributed by atoms with E-state index in [2.05, 4.69) is 31.6 Å². The molecule has 4 atom stereocenters. The largest absolute Gasteiger partial charge is 0.508 e. The molecule has 4 unspecified atom stereocenters. The van der Waals surface area contributed by atoms with Gasteiger partial charge in [0.1, 0.15) is 11.9 Å². The van der Waals surface area contributed by atoms with Crippen molar-refractivity contribution in [2.24, 2.45) is 0 Å². The van der Waals surface area contributed by atoms with Crippen LogP contribution >= 0.6 is 11.9 Å². The van der Waals surface area contributed by atoms with Crippen molar-refractivity contribution in [1.29, 1.82) is 0 Å². The summed E-state index contributed by atoms with van der Waals surface area (Å²) in [5.74, 6) is 1.19. The van der Waals surface area contributed by atoms with Crippen molar-refractivity contribution in [2.45, 2.75) is 61.3 Å². The lowest BCUT2D eigenvalue weighted by Gasteiger charge is -2.36. The molecule has 0 radical (unpaired) electrons. The van der Waals surface area contributed by atoms with Gasteiger partial charge in [0.05, 0.1) is 23.4 Å². The summed E-state index contributed by atoms with van der Waals surface area (Å²) in [5.41, 5.74) is 2.81. The minimum atomic E-state index is -0.518. The number of anilines is 1. The van der Waals surface area contributed by atoms with Crippen molar-refractivity contribution in [3.63, 3.8) is 0 Å². The highest BCUT2D eigenvalue weighted by atomic mass is 32.2. The summed E-state index contributed by atoms with van der Waals surface area (Å²) in [7, 11) is 3.66. The first-order valence-electron chi connectivity index (χ1n) is 14.7. The molecule has 216 valence electrons. The van der Waals surface area contributed by atoms with E-state index in [4.69, 9.17) is 14.7 Å². The molecule has 0 amide bonds. The summed E-state index contributed by atoms with van der Waals surface area (Å²) >= 11 is 1.63. The Labute approximate surface area is 244 Å². The second-order valence-corrected chi connectivity index (χ2v) is 12.9. The Kier molecular flexibility index (Phi) is 7.16. The van der Waals surface area contributed by atoms with E-state index in [1.54, 1.807) is 25.1 Å². The van der Waals surface area contributed by atoms with Crippen LogP contribution < -0.4 is 15.0 Å². The molecule has 2 N–H and O–H groups in total. The summed E-state index contributed by atoms with van der Waals surface area (Å²) < 4.78 is 20.2. The Morgan fingerprint density at radius 3 is 2.66 bits per heavy atom. The fourth-order valence-electron chi connectivity index (χ4n) is 7.08. The molecule has 8 nitrogen and oxygen atoms in total. The van der Waals surface area contributed by atoms with Gasteiger partial charge in [0.2, 0.25) is 0 Å².